The second kappa shape index (κ2) is 4.39. The van der Waals surface area contributed by atoms with E-state index in [1.54, 1.807) is 0 Å². The summed E-state index contributed by atoms with van der Waals surface area (Å²) in [5.41, 5.74) is 1.17. The lowest BCUT2D eigenvalue weighted by molar-refractivity contribution is -0.136. The molecule has 0 aromatic heterocycles. The van der Waals surface area contributed by atoms with E-state index in [2.05, 4.69) is 29.6 Å². The van der Waals surface area contributed by atoms with Crippen molar-refractivity contribution in [2.24, 2.45) is 5.41 Å². The van der Waals surface area contributed by atoms with Gasteiger partial charge in [-0.1, -0.05) is 30.3 Å². The second-order valence-electron chi connectivity index (χ2n) is 5.56. The molecule has 0 aliphatic carbocycles. The van der Waals surface area contributed by atoms with Crippen LogP contribution in [0.15, 0.2) is 30.3 Å². The SMILES string of the molecule is CN1C[C@H](c2ccccc2)C2(CCNCC2)C1=O. The summed E-state index contributed by atoms with van der Waals surface area (Å²) < 4.78 is 0. The van der Waals surface area contributed by atoms with Crippen LogP contribution in [0.2, 0.25) is 0 Å². The smallest absolute Gasteiger partial charge is 0.229 e. The quantitative estimate of drug-likeness (QED) is 0.814. The van der Waals surface area contributed by atoms with Crippen molar-refractivity contribution < 1.29 is 4.79 Å². The van der Waals surface area contributed by atoms with Crippen molar-refractivity contribution in [3.63, 3.8) is 0 Å². The van der Waals surface area contributed by atoms with E-state index in [-0.39, 0.29) is 5.41 Å². The molecule has 1 spiro atoms. The third-order valence-electron chi connectivity index (χ3n) is 4.59. The van der Waals surface area contributed by atoms with Gasteiger partial charge < -0.3 is 10.2 Å². The zero-order valence-corrected chi connectivity index (χ0v) is 10.9. The van der Waals surface area contributed by atoms with E-state index in [1.165, 1.54) is 5.56 Å². The Balaban J connectivity index is 1.99. The van der Waals surface area contributed by atoms with Gasteiger partial charge in [-0.15, -0.1) is 0 Å². The maximum absolute atomic E-state index is 12.6. The summed E-state index contributed by atoms with van der Waals surface area (Å²) in [6.07, 6.45) is 1.94. The van der Waals surface area contributed by atoms with Gasteiger partial charge in [0.05, 0.1) is 5.41 Å². The third-order valence-corrected chi connectivity index (χ3v) is 4.59. The summed E-state index contributed by atoms with van der Waals surface area (Å²) >= 11 is 0. The van der Waals surface area contributed by atoms with E-state index >= 15 is 0 Å². The number of hydrogen-bond acceptors (Lipinski definition) is 2. The number of amides is 1. The highest BCUT2D eigenvalue weighted by molar-refractivity contribution is 5.86. The molecule has 2 aliphatic rings. The fourth-order valence-electron chi connectivity index (χ4n) is 3.61. The summed E-state index contributed by atoms with van der Waals surface area (Å²) in [6, 6.07) is 10.5. The normalized spacial score (nSPS) is 26.8. The van der Waals surface area contributed by atoms with E-state index < -0.39 is 0 Å². The van der Waals surface area contributed by atoms with Crippen LogP contribution in [0.1, 0.15) is 24.3 Å². The number of likely N-dealkylation sites (tertiary alicyclic amines) is 1. The molecule has 0 unspecified atom stereocenters. The minimum absolute atomic E-state index is 0.151. The number of nitrogens with one attached hydrogen (secondary N) is 1. The fraction of sp³-hybridized carbons (Fsp3) is 0.533. The van der Waals surface area contributed by atoms with Gasteiger partial charge in [0.2, 0.25) is 5.91 Å². The average Bonchev–Trinajstić information content (AvgIpc) is 2.66. The highest BCUT2D eigenvalue weighted by atomic mass is 16.2. The molecule has 0 bridgehead atoms. The summed E-state index contributed by atoms with van der Waals surface area (Å²) in [6.45, 7) is 2.79. The van der Waals surface area contributed by atoms with Gasteiger partial charge in [0.15, 0.2) is 0 Å². The van der Waals surface area contributed by atoms with Crippen LogP contribution in [-0.2, 0) is 4.79 Å². The Morgan fingerprint density at radius 2 is 1.89 bits per heavy atom. The standard InChI is InChI=1S/C15H20N2O/c1-17-11-13(12-5-3-2-4-6-12)15(14(17)18)7-9-16-10-8-15/h2-6,13,16H,7-11H2,1H3/t13-/m1/s1. The molecule has 1 N–H and O–H groups in total. The molecule has 2 saturated heterocycles. The molecular formula is C15H20N2O. The Hall–Kier alpha value is -1.35. The van der Waals surface area contributed by atoms with E-state index in [0.717, 1.165) is 32.5 Å². The molecular weight excluding hydrogens is 224 g/mol. The Bertz CT molecular complexity index is 437. The molecule has 2 heterocycles. The second-order valence-corrected chi connectivity index (χ2v) is 5.56. The Labute approximate surface area is 108 Å². The number of nitrogens with zero attached hydrogens (tertiary/aromatic N) is 1. The lowest BCUT2D eigenvalue weighted by atomic mass is 9.68. The zero-order valence-electron chi connectivity index (χ0n) is 10.9. The predicted molar refractivity (Wildman–Crippen MR) is 71.4 cm³/mol. The number of hydrogen-bond donors (Lipinski definition) is 1. The van der Waals surface area contributed by atoms with Crippen molar-refractivity contribution in [2.75, 3.05) is 26.7 Å². The number of likely N-dealkylation sites (N-methyl/N-ethyl adjacent to an activating group) is 1. The first-order valence-corrected chi connectivity index (χ1v) is 6.75. The van der Waals surface area contributed by atoms with E-state index in [4.69, 9.17) is 0 Å². The molecule has 18 heavy (non-hydrogen) atoms. The minimum Gasteiger partial charge on any atom is -0.345 e. The van der Waals surface area contributed by atoms with Gasteiger partial charge in [-0.05, 0) is 31.5 Å². The Kier molecular flexibility index (Phi) is 2.86. The summed E-state index contributed by atoms with van der Waals surface area (Å²) in [5, 5.41) is 3.37. The first kappa shape index (κ1) is 11.7. The van der Waals surface area contributed by atoms with E-state index in [9.17, 15) is 4.79 Å². The van der Waals surface area contributed by atoms with Crippen LogP contribution in [0.4, 0.5) is 0 Å². The van der Waals surface area contributed by atoms with Gasteiger partial charge in [0.1, 0.15) is 0 Å². The number of rotatable bonds is 1. The van der Waals surface area contributed by atoms with Crippen molar-refractivity contribution in [3.05, 3.63) is 35.9 Å². The molecule has 3 nitrogen and oxygen atoms in total. The highest BCUT2D eigenvalue weighted by Gasteiger charge is 2.53. The lowest BCUT2D eigenvalue weighted by Crippen LogP contribution is -2.44. The molecule has 1 atom stereocenters. The van der Waals surface area contributed by atoms with Crippen LogP contribution in [0, 0.1) is 5.41 Å². The van der Waals surface area contributed by atoms with Crippen molar-refractivity contribution in [1.29, 1.82) is 0 Å². The molecule has 2 fully saturated rings. The molecule has 2 aliphatic heterocycles. The van der Waals surface area contributed by atoms with Gasteiger partial charge in [0, 0.05) is 19.5 Å². The molecule has 0 radical (unpaired) electrons. The minimum atomic E-state index is -0.151. The van der Waals surface area contributed by atoms with Crippen LogP contribution in [-0.4, -0.2) is 37.5 Å². The zero-order chi connectivity index (χ0) is 12.6. The number of benzene rings is 1. The Morgan fingerprint density at radius 3 is 2.56 bits per heavy atom. The summed E-state index contributed by atoms with van der Waals surface area (Å²) in [5.74, 6) is 0.705. The molecule has 3 rings (SSSR count). The third kappa shape index (κ3) is 1.65. The van der Waals surface area contributed by atoms with Crippen molar-refractivity contribution in [1.82, 2.24) is 10.2 Å². The fourth-order valence-corrected chi connectivity index (χ4v) is 3.61. The van der Waals surface area contributed by atoms with Gasteiger partial charge in [-0.2, -0.15) is 0 Å². The Morgan fingerprint density at radius 1 is 1.22 bits per heavy atom. The maximum atomic E-state index is 12.6. The molecule has 1 amide bonds. The largest absolute Gasteiger partial charge is 0.345 e. The van der Waals surface area contributed by atoms with Crippen LogP contribution in [0.3, 0.4) is 0 Å². The molecule has 1 aromatic rings. The van der Waals surface area contributed by atoms with Crippen molar-refractivity contribution in [3.8, 4) is 0 Å². The van der Waals surface area contributed by atoms with Gasteiger partial charge in [-0.25, -0.2) is 0 Å². The van der Waals surface area contributed by atoms with Gasteiger partial charge >= 0.3 is 0 Å². The van der Waals surface area contributed by atoms with Crippen LogP contribution in [0.5, 0.6) is 0 Å². The number of carbonyl (C=O) groups excluding carboxylic acids is 1. The predicted octanol–water partition coefficient (Wildman–Crippen LogP) is 1.61. The number of carbonyl (C=O) groups is 1. The molecule has 1 aromatic carbocycles. The van der Waals surface area contributed by atoms with Crippen LogP contribution >= 0.6 is 0 Å². The maximum Gasteiger partial charge on any atom is 0.229 e. The van der Waals surface area contributed by atoms with Gasteiger partial charge in [-0.3, -0.25) is 4.79 Å². The first-order valence-electron chi connectivity index (χ1n) is 6.75. The van der Waals surface area contributed by atoms with Crippen molar-refractivity contribution >= 4 is 5.91 Å². The lowest BCUT2D eigenvalue weighted by Gasteiger charge is -2.36. The first-order chi connectivity index (χ1) is 8.74. The number of piperidine rings is 1. The summed E-state index contributed by atoms with van der Waals surface area (Å²) in [7, 11) is 1.94. The van der Waals surface area contributed by atoms with Crippen molar-refractivity contribution in [2.45, 2.75) is 18.8 Å². The molecule has 0 saturated carbocycles. The molecule has 3 heteroatoms. The monoisotopic (exact) mass is 244 g/mol. The highest BCUT2D eigenvalue weighted by Crippen LogP contribution is 2.49. The average molecular weight is 244 g/mol. The van der Waals surface area contributed by atoms with Gasteiger partial charge in [0.25, 0.3) is 0 Å². The van der Waals surface area contributed by atoms with Crippen LogP contribution in [0.25, 0.3) is 0 Å². The van der Waals surface area contributed by atoms with E-state index in [1.807, 2.05) is 18.0 Å². The van der Waals surface area contributed by atoms with E-state index in [0.29, 0.717) is 11.8 Å². The van der Waals surface area contributed by atoms with Crippen LogP contribution < -0.4 is 5.32 Å². The topological polar surface area (TPSA) is 32.3 Å². The summed E-state index contributed by atoms with van der Waals surface area (Å²) in [4.78, 5) is 14.5. The molecule has 96 valence electrons.